The molecule has 0 saturated heterocycles. The number of nitriles is 1. The zero-order valence-corrected chi connectivity index (χ0v) is 11.4. The predicted octanol–water partition coefficient (Wildman–Crippen LogP) is 3.02. The second kappa shape index (κ2) is 5.47. The van der Waals surface area contributed by atoms with Gasteiger partial charge < -0.3 is 4.74 Å². The molecule has 1 heterocycles. The molecule has 0 radical (unpaired) electrons. The summed E-state index contributed by atoms with van der Waals surface area (Å²) < 4.78 is 5.23. The van der Waals surface area contributed by atoms with Crippen LogP contribution >= 0.6 is 0 Å². The van der Waals surface area contributed by atoms with E-state index >= 15 is 0 Å². The molecule has 102 valence electrons. The van der Waals surface area contributed by atoms with Crippen LogP contribution in [0.15, 0.2) is 48.5 Å². The van der Waals surface area contributed by atoms with Crippen LogP contribution in [0.3, 0.4) is 0 Å². The highest BCUT2D eigenvalue weighted by molar-refractivity contribution is 5.71. The molecule has 3 rings (SSSR count). The van der Waals surface area contributed by atoms with Crippen LogP contribution in [0.5, 0.6) is 5.75 Å². The van der Waals surface area contributed by atoms with E-state index in [9.17, 15) is 0 Å². The van der Waals surface area contributed by atoms with E-state index < -0.39 is 0 Å². The molecule has 0 unspecified atom stereocenters. The minimum absolute atomic E-state index is 0.365. The molecule has 2 aromatic carbocycles. The summed E-state index contributed by atoms with van der Waals surface area (Å²) in [5.41, 5.74) is 3.92. The maximum atomic E-state index is 8.98. The van der Waals surface area contributed by atoms with Crippen molar-refractivity contribution in [2.75, 3.05) is 7.11 Å². The van der Waals surface area contributed by atoms with Crippen LogP contribution in [-0.4, -0.2) is 22.5 Å². The Balaban J connectivity index is 1.96. The molecular formula is C16H12N4O. The van der Waals surface area contributed by atoms with Crippen molar-refractivity contribution in [2.24, 2.45) is 0 Å². The highest BCUT2D eigenvalue weighted by atomic mass is 16.5. The van der Waals surface area contributed by atoms with Crippen LogP contribution in [-0.2, 0) is 0 Å². The van der Waals surface area contributed by atoms with E-state index in [0.29, 0.717) is 11.4 Å². The van der Waals surface area contributed by atoms with Crippen LogP contribution < -0.4 is 4.74 Å². The lowest BCUT2D eigenvalue weighted by Gasteiger charge is -2.05. The van der Waals surface area contributed by atoms with Crippen molar-refractivity contribution in [3.05, 3.63) is 54.2 Å². The maximum absolute atomic E-state index is 8.98. The summed E-state index contributed by atoms with van der Waals surface area (Å²) in [6, 6.07) is 17.7. The van der Waals surface area contributed by atoms with Crippen molar-refractivity contribution in [1.29, 1.82) is 5.26 Å². The van der Waals surface area contributed by atoms with Crippen LogP contribution in [0.1, 0.15) is 5.69 Å². The number of methoxy groups -OCH3 is 1. The predicted molar refractivity (Wildman–Crippen MR) is 78.5 cm³/mol. The van der Waals surface area contributed by atoms with Gasteiger partial charge in [-0.25, -0.2) is 5.10 Å². The van der Waals surface area contributed by atoms with Gasteiger partial charge in [-0.15, -0.1) is 5.10 Å². The second-order valence-corrected chi connectivity index (χ2v) is 4.46. The van der Waals surface area contributed by atoms with E-state index in [1.165, 1.54) is 0 Å². The number of benzene rings is 2. The molecule has 0 saturated carbocycles. The van der Waals surface area contributed by atoms with Crippen LogP contribution in [0.2, 0.25) is 0 Å². The molecule has 1 N–H and O–H groups in total. The highest BCUT2D eigenvalue weighted by Gasteiger charge is 2.09. The van der Waals surface area contributed by atoms with Gasteiger partial charge in [0.25, 0.3) is 0 Å². The third-order valence-electron chi connectivity index (χ3n) is 3.22. The Labute approximate surface area is 121 Å². The van der Waals surface area contributed by atoms with Crippen molar-refractivity contribution in [3.63, 3.8) is 0 Å². The van der Waals surface area contributed by atoms with Crippen LogP contribution in [0, 0.1) is 11.3 Å². The van der Waals surface area contributed by atoms with E-state index in [0.717, 1.165) is 22.4 Å². The summed E-state index contributed by atoms with van der Waals surface area (Å²) in [5, 5.41) is 19.2. The van der Waals surface area contributed by atoms with Gasteiger partial charge in [-0.05, 0) is 23.3 Å². The number of hydrogen-bond acceptors (Lipinski definition) is 4. The Hall–Kier alpha value is -3.13. The van der Waals surface area contributed by atoms with Crippen molar-refractivity contribution in [3.8, 4) is 34.2 Å². The lowest BCUT2D eigenvalue weighted by molar-refractivity contribution is 0.415. The molecule has 0 aliphatic rings. The number of H-pyrrole nitrogens is 1. The number of ether oxygens (including phenoxy) is 1. The molecule has 0 bridgehead atoms. The summed E-state index contributed by atoms with van der Waals surface area (Å²) >= 11 is 0. The summed E-state index contributed by atoms with van der Waals surface area (Å²) in [7, 11) is 1.65. The molecule has 3 aromatic rings. The quantitative estimate of drug-likeness (QED) is 0.798. The van der Waals surface area contributed by atoms with Crippen molar-refractivity contribution in [2.45, 2.75) is 0 Å². The number of rotatable bonds is 3. The fourth-order valence-electron chi connectivity index (χ4n) is 2.13. The molecule has 0 fully saturated rings. The molecule has 5 heteroatoms. The van der Waals surface area contributed by atoms with E-state index in [1.807, 2.05) is 54.6 Å². The topological polar surface area (TPSA) is 74.6 Å². The summed E-state index contributed by atoms with van der Waals surface area (Å²) in [6.07, 6.45) is 0. The average molecular weight is 276 g/mol. The van der Waals surface area contributed by atoms with Gasteiger partial charge in [-0.1, -0.05) is 41.6 Å². The van der Waals surface area contributed by atoms with Gasteiger partial charge in [0.2, 0.25) is 0 Å². The molecule has 0 amide bonds. The van der Waals surface area contributed by atoms with Gasteiger partial charge in [0, 0.05) is 5.56 Å². The second-order valence-electron chi connectivity index (χ2n) is 4.46. The number of aromatic nitrogens is 3. The minimum Gasteiger partial charge on any atom is -0.497 e. The maximum Gasteiger partial charge on any atom is 0.163 e. The third kappa shape index (κ3) is 2.47. The fraction of sp³-hybridized carbons (Fsp3) is 0.0625. The SMILES string of the molecule is COc1cccc(-c2ccc(-c3nn[nH]c3C#N)cc2)c1. The largest absolute Gasteiger partial charge is 0.497 e. The van der Waals surface area contributed by atoms with Gasteiger partial charge in [-0.2, -0.15) is 5.26 Å². The van der Waals surface area contributed by atoms with Crippen LogP contribution in [0.25, 0.3) is 22.4 Å². The Kier molecular flexibility index (Phi) is 3.36. The summed E-state index contributed by atoms with van der Waals surface area (Å²) in [6.45, 7) is 0. The lowest BCUT2D eigenvalue weighted by Crippen LogP contribution is -1.85. The first-order valence-electron chi connectivity index (χ1n) is 6.38. The van der Waals surface area contributed by atoms with Gasteiger partial charge >= 0.3 is 0 Å². The number of nitrogens with zero attached hydrogens (tertiary/aromatic N) is 3. The Bertz CT molecular complexity index is 800. The molecular weight excluding hydrogens is 264 g/mol. The summed E-state index contributed by atoms with van der Waals surface area (Å²) in [5.74, 6) is 0.819. The zero-order valence-electron chi connectivity index (χ0n) is 11.4. The standard InChI is InChI=1S/C16H12N4O/c1-21-14-4-2-3-13(9-14)11-5-7-12(8-6-11)16-15(10-17)18-20-19-16/h2-9H,1H3,(H,18,19,20). The Morgan fingerprint density at radius 1 is 1.05 bits per heavy atom. The average Bonchev–Trinajstić information content (AvgIpc) is 3.03. The highest BCUT2D eigenvalue weighted by Crippen LogP contribution is 2.26. The normalized spacial score (nSPS) is 10.1. The van der Waals surface area contributed by atoms with Gasteiger partial charge in [0.15, 0.2) is 5.69 Å². The van der Waals surface area contributed by atoms with Gasteiger partial charge in [0.1, 0.15) is 17.5 Å². The van der Waals surface area contributed by atoms with Crippen molar-refractivity contribution in [1.82, 2.24) is 15.4 Å². The van der Waals surface area contributed by atoms with E-state index in [-0.39, 0.29) is 0 Å². The van der Waals surface area contributed by atoms with E-state index in [1.54, 1.807) is 7.11 Å². The molecule has 21 heavy (non-hydrogen) atoms. The first-order valence-corrected chi connectivity index (χ1v) is 6.38. The molecule has 0 atom stereocenters. The first kappa shape index (κ1) is 12.9. The lowest BCUT2D eigenvalue weighted by atomic mass is 10.0. The smallest absolute Gasteiger partial charge is 0.163 e. The third-order valence-corrected chi connectivity index (χ3v) is 3.22. The molecule has 5 nitrogen and oxygen atoms in total. The van der Waals surface area contributed by atoms with Gasteiger partial charge in [0.05, 0.1) is 7.11 Å². The fourth-order valence-corrected chi connectivity index (χ4v) is 2.13. The monoisotopic (exact) mass is 276 g/mol. The van der Waals surface area contributed by atoms with Crippen molar-refractivity contribution < 1.29 is 4.74 Å². The van der Waals surface area contributed by atoms with E-state index in [4.69, 9.17) is 10.00 Å². The number of hydrogen-bond donors (Lipinski definition) is 1. The molecule has 1 aromatic heterocycles. The first-order chi connectivity index (χ1) is 10.3. The van der Waals surface area contributed by atoms with Gasteiger partial charge in [-0.3, -0.25) is 0 Å². The minimum atomic E-state index is 0.365. The number of nitrogens with one attached hydrogen (secondary N) is 1. The van der Waals surface area contributed by atoms with E-state index in [2.05, 4.69) is 15.4 Å². The Morgan fingerprint density at radius 2 is 1.81 bits per heavy atom. The Morgan fingerprint density at radius 3 is 2.52 bits per heavy atom. The molecule has 0 aliphatic carbocycles. The number of aromatic amines is 1. The molecule has 0 spiro atoms. The summed E-state index contributed by atoms with van der Waals surface area (Å²) in [4.78, 5) is 0. The molecule has 0 aliphatic heterocycles. The zero-order chi connectivity index (χ0) is 14.7. The van der Waals surface area contributed by atoms with Crippen LogP contribution in [0.4, 0.5) is 0 Å². The van der Waals surface area contributed by atoms with Crippen molar-refractivity contribution >= 4 is 0 Å².